The van der Waals surface area contributed by atoms with Gasteiger partial charge in [-0.05, 0) is 51.5 Å². The molecule has 0 saturated carbocycles. The summed E-state index contributed by atoms with van der Waals surface area (Å²) in [6.07, 6.45) is 1.72. The van der Waals surface area contributed by atoms with Gasteiger partial charge in [0.05, 0.1) is 61.4 Å². The van der Waals surface area contributed by atoms with Gasteiger partial charge in [-0.1, -0.05) is 23.5 Å². The van der Waals surface area contributed by atoms with Crippen LogP contribution in [0.1, 0.15) is 44.9 Å². The molecule has 0 aliphatic carbocycles. The molecule has 206 valence electrons. The first kappa shape index (κ1) is 28.0. The number of allylic oxidation sites excluding steroid dienone is 1. The lowest BCUT2D eigenvalue weighted by atomic mass is 9.96. The molecule has 0 unspecified atom stereocenters. The monoisotopic (exact) mass is 552 g/mol. The van der Waals surface area contributed by atoms with Gasteiger partial charge in [0.2, 0.25) is 0 Å². The lowest BCUT2D eigenvalue weighted by molar-refractivity contribution is -0.139. The summed E-state index contributed by atoms with van der Waals surface area (Å²) < 4.78 is 29.6. The topological polar surface area (TPSA) is 97.6 Å². The van der Waals surface area contributed by atoms with Crippen LogP contribution in [-0.4, -0.2) is 44.6 Å². The normalized spacial score (nSPS) is 15.1. The molecule has 0 fully saturated rings. The van der Waals surface area contributed by atoms with E-state index in [9.17, 15) is 9.59 Å². The van der Waals surface area contributed by atoms with Crippen LogP contribution >= 0.6 is 11.3 Å². The van der Waals surface area contributed by atoms with Crippen LogP contribution in [0.4, 0.5) is 0 Å². The minimum atomic E-state index is -0.727. The Labute approximate surface area is 230 Å². The fourth-order valence-electron chi connectivity index (χ4n) is 4.41. The largest absolute Gasteiger partial charge is 0.496 e. The van der Waals surface area contributed by atoms with Crippen molar-refractivity contribution in [2.24, 2.45) is 4.99 Å². The molecule has 0 N–H and O–H groups in total. The maximum absolute atomic E-state index is 13.9. The number of carbonyl (C=O) groups excluding carboxylic acids is 1. The summed E-state index contributed by atoms with van der Waals surface area (Å²) in [5.74, 6) is 1.70. The zero-order chi connectivity index (χ0) is 28.3. The van der Waals surface area contributed by atoms with E-state index in [0.29, 0.717) is 49.2 Å². The predicted molar refractivity (Wildman–Crippen MR) is 149 cm³/mol. The second-order valence-corrected chi connectivity index (χ2v) is 9.99. The van der Waals surface area contributed by atoms with Crippen molar-refractivity contribution in [3.8, 4) is 23.0 Å². The molecule has 0 radical (unpaired) electrons. The van der Waals surface area contributed by atoms with Crippen LogP contribution in [-0.2, 0) is 9.53 Å². The average Bonchev–Trinajstić information content (AvgIpc) is 3.22. The van der Waals surface area contributed by atoms with Gasteiger partial charge in [0.15, 0.2) is 4.80 Å². The molecule has 4 rings (SSSR count). The lowest BCUT2D eigenvalue weighted by Gasteiger charge is -2.25. The molecule has 1 atom stereocenters. The second-order valence-electron chi connectivity index (χ2n) is 8.98. The molecule has 1 aromatic heterocycles. The van der Waals surface area contributed by atoms with Crippen molar-refractivity contribution in [1.82, 2.24) is 4.57 Å². The number of esters is 1. The second kappa shape index (κ2) is 11.8. The molecule has 0 spiro atoms. The third-order valence-electron chi connectivity index (χ3n) is 6.11. The summed E-state index contributed by atoms with van der Waals surface area (Å²) >= 11 is 1.22. The van der Waals surface area contributed by atoms with Crippen LogP contribution in [0.15, 0.2) is 57.5 Å². The summed E-state index contributed by atoms with van der Waals surface area (Å²) in [5, 5.41) is 0. The Kier molecular flexibility index (Phi) is 8.44. The van der Waals surface area contributed by atoms with Crippen molar-refractivity contribution in [3.63, 3.8) is 0 Å². The Morgan fingerprint density at radius 1 is 1.05 bits per heavy atom. The van der Waals surface area contributed by atoms with E-state index in [1.165, 1.54) is 30.1 Å². The zero-order valence-corrected chi connectivity index (χ0v) is 23.9. The van der Waals surface area contributed by atoms with Crippen molar-refractivity contribution in [2.45, 2.75) is 39.8 Å². The third kappa shape index (κ3) is 5.56. The molecule has 10 heteroatoms. The van der Waals surface area contributed by atoms with Crippen LogP contribution in [0, 0.1) is 0 Å². The Morgan fingerprint density at radius 3 is 2.23 bits per heavy atom. The maximum atomic E-state index is 13.9. The summed E-state index contributed by atoms with van der Waals surface area (Å²) in [7, 11) is 4.63. The molecule has 0 saturated heterocycles. The lowest BCUT2D eigenvalue weighted by Crippen LogP contribution is -2.39. The van der Waals surface area contributed by atoms with Crippen molar-refractivity contribution in [1.29, 1.82) is 0 Å². The Balaban J connectivity index is 1.94. The molecular weight excluding hydrogens is 520 g/mol. The summed E-state index contributed by atoms with van der Waals surface area (Å²) in [4.78, 5) is 32.2. The number of rotatable bonds is 9. The minimum absolute atomic E-state index is 0.0118. The predicted octanol–water partition coefficient (Wildman–Crippen LogP) is 3.61. The third-order valence-corrected chi connectivity index (χ3v) is 7.10. The smallest absolute Gasteiger partial charge is 0.338 e. The van der Waals surface area contributed by atoms with Crippen molar-refractivity contribution in [3.05, 3.63) is 78.5 Å². The Morgan fingerprint density at radius 2 is 1.69 bits per heavy atom. The van der Waals surface area contributed by atoms with E-state index in [1.54, 1.807) is 39.2 Å². The quantitative estimate of drug-likeness (QED) is 0.374. The first-order chi connectivity index (χ1) is 18.7. The van der Waals surface area contributed by atoms with E-state index in [0.717, 1.165) is 5.56 Å². The molecule has 0 bridgehead atoms. The molecule has 2 aromatic carbocycles. The highest BCUT2D eigenvalue weighted by atomic mass is 32.1. The van der Waals surface area contributed by atoms with Crippen molar-refractivity contribution < 1.29 is 28.5 Å². The van der Waals surface area contributed by atoms with Gasteiger partial charge in [-0.2, -0.15) is 0 Å². The number of thiazole rings is 1. The van der Waals surface area contributed by atoms with Crippen LogP contribution < -0.4 is 33.8 Å². The number of hydrogen-bond donors (Lipinski definition) is 0. The van der Waals surface area contributed by atoms with Gasteiger partial charge in [-0.15, -0.1) is 0 Å². The van der Waals surface area contributed by atoms with Gasteiger partial charge >= 0.3 is 5.97 Å². The number of ether oxygens (including phenoxy) is 5. The highest BCUT2D eigenvalue weighted by Gasteiger charge is 2.33. The highest BCUT2D eigenvalue weighted by molar-refractivity contribution is 7.07. The zero-order valence-electron chi connectivity index (χ0n) is 23.1. The van der Waals surface area contributed by atoms with Crippen LogP contribution in [0.25, 0.3) is 6.08 Å². The number of fused-ring (bicyclic) bond motifs is 1. The molecule has 1 aliphatic rings. The van der Waals surface area contributed by atoms with E-state index >= 15 is 0 Å². The van der Waals surface area contributed by atoms with Gasteiger partial charge in [0, 0.05) is 12.1 Å². The molecule has 0 amide bonds. The summed E-state index contributed by atoms with van der Waals surface area (Å²) in [5.41, 5.74) is 1.82. The van der Waals surface area contributed by atoms with Crippen molar-refractivity contribution in [2.75, 3.05) is 27.9 Å². The van der Waals surface area contributed by atoms with Crippen LogP contribution in [0.5, 0.6) is 23.0 Å². The van der Waals surface area contributed by atoms with Gasteiger partial charge < -0.3 is 23.7 Å². The first-order valence-corrected chi connectivity index (χ1v) is 13.3. The van der Waals surface area contributed by atoms with Gasteiger partial charge in [-0.3, -0.25) is 9.36 Å². The van der Waals surface area contributed by atoms with E-state index in [2.05, 4.69) is 4.99 Å². The van der Waals surface area contributed by atoms with Crippen LogP contribution in [0.3, 0.4) is 0 Å². The Hall–Kier alpha value is -4.05. The van der Waals surface area contributed by atoms with Crippen molar-refractivity contribution >= 4 is 23.4 Å². The minimum Gasteiger partial charge on any atom is -0.496 e. The van der Waals surface area contributed by atoms with E-state index in [1.807, 2.05) is 38.1 Å². The molecule has 9 nitrogen and oxygen atoms in total. The van der Waals surface area contributed by atoms with Gasteiger partial charge in [0.25, 0.3) is 5.56 Å². The standard InChI is InChI=1S/C29H32N2O7S/c1-8-37-28(33)25-17(4)30-29-31(26(25)18-9-11-19(12-10-18)38-16(2)3)27(32)24(39-29)15-21-22(35-6)13-20(34-5)14-23(21)36-7/h9-16,26H,8H2,1-7H3/b24-15+/t26-/m0/s1. The maximum Gasteiger partial charge on any atom is 0.338 e. The Bertz CT molecular complexity index is 1560. The average molecular weight is 553 g/mol. The molecule has 2 heterocycles. The fraction of sp³-hybridized carbons (Fsp3) is 0.345. The van der Waals surface area contributed by atoms with E-state index in [4.69, 9.17) is 23.7 Å². The van der Waals surface area contributed by atoms with Crippen LogP contribution in [0.2, 0.25) is 0 Å². The van der Waals surface area contributed by atoms with Gasteiger partial charge in [-0.25, -0.2) is 9.79 Å². The number of carbonyl (C=O) groups is 1. The highest BCUT2D eigenvalue weighted by Crippen LogP contribution is 2.35. The number of aromatic nitrogens is 1. The molecular formula is C29H32N2O7S. The molecule has 3 aromatic rings. The molecule has 1 aliphatic heterocycles. The summed E-state index contributed by atoms with van der Waals surface area (Å²) in [6, 6.07) is 10.1. The SMILES string of the molecule is CCOC(=O)C1=C(C)N=c2s/c(=C/c3c(OC)cc(OC)cc3OC)c(=O)n2[C@H]1c1ccc(OC(C)C)cc1. The number of methoxy groups -OCH3 is 3. The van der Waals surface area contributed by atoms with Gasteiger partial charge in [0.1, 0.15) is 23.0 Å². The number of hydrogen-bond acceptors (Lipinski definition) is 9. The van der Waals surface area contributed by atoms with E-state index in [-0.39, 0.29) is 18.3 Å². The number of benzene rings is 2. The fourth-order valence-corrected chi connectivity index (χ4v) is 5.44. The van der Waals surface area contributed by atoms with E-state index < -0.39 is 12.0 Å². The summed E-state index contributed by atoms with van der Waals surface area (Å²) in [6.45, 7) is 7.59. The number of nitrogens with zero attached hydrogens (tertiary/aromatic N) is 2. The first-order valence-electron chi connectivity index (χ1n) is 12.5. The molecule has 39 heavy (non-hydrogen) atoms.